The number of hydrogen-bond acceptors (Lipinski definition) is 1. The van der Waals surface area contributed by atoms with Crippen molar-refractivity contribution in [2.75, 3.05) is 0 Å². The highest BCUT2D eigenvalue weighted by Crippen LogP contribution is 2.48. The lowest BCUT2D eigenvalue weighted by Gasteiger charge is -2.48. The van der Waals surface area contributed by atoms with Crippen LogP contribution in [0.5, 0.6) is 0 Å². The first-order valence-electron chi connectivity index (χ1n) is 7.87. The Bertz CT molecular complexity index is 443. The lowest BCUT2D eigenvalue weighted by atomic mass is 9.62. The molecule has 0 spiro atoms. The van der Waals surface area contributed by atoms with Crippen LogP contribution in [0.25, 0.3) is 0 Å². The molecule has 1 aromatic rings. The Labute approximate surface area is 117 Å². The van der Waals surface area contributed by atoms with E-state index in [0.717, 1.165) is 31.1 Å². The summed E-state index contributed by atoms with van der Waals surface area (Å²) in [5.41, 5.74) is 2.65. The van der Waals surface area contributed by atoms with Crippen LogP contribution in [0.2, 0.25) is 0 Å². The van der Waals surface area contributed by atoms with Gasteiger partial charge in [0.05, 0.1) is 5.60 Å². The summed E-state index contributed by atoms with van der Waals surface area (Å²) in [5, 5.41) is 10.7. The molecule has 0 aromatic heterocycles. The van der Waals surface area contributed by atoms with Crippen LogP contribution in [0.4, 0.5) is 0 Å². The highest BCUT2D eigenvalue weighted by Gasteiger charge is 2.45. The van der Waals surface area contributed by atoms with Crippen molar-refractivity contribution in [1.82, 2.24) is 0 Å². The Kier molecular flexibility index (Phi) is 3.42. The van der Waals surface area contributed by atoms with Crippen molar-refractivity contribution >= 4 is 0 Å². The van der Waals surface area contributed by atoms with Crippen LogP contribution >= 0.6 is 0 Å². The van der Waals surface area contributed by atoms with Crippen molar-refractivity contribution in [2.45, 2.75) is 63.9 Å². The average Bonchev–Trinajstić information content (AvgIpc) is 2.36. The molecule has 0 aliphatic heterocycles. The van der Waals surface area contributed by atoms with E-state index in [0.29, 0.717) is 5.92 Å². The van der Waals surface area contributed by atoms with E-state index in [4.69, 9.17) is 0 Å². The third-order valence-electron chi connectivity index (χ3n) is 5.35. The van der Waals surface area contributed by atoms with E-state index in [-0.39, 0.29) is 5.60 Å². The summed E-state index contributed by atoms with van der Waals surface area (Å²) in [5.74, 6) is 2.05. The van der Waals surface area contributed by atoms with Crippen LogP contribution in [0.1, 0.15) is 63.0 Å². The molecule has 1 atom stereocenters. The van der Waals surface area contributed by atoms with Crippen LogP contribution < -0.4 is 0 Å². The molecule has 3 rings (SSSR count). The molecule has 0 heterocycles. The van der Waals surface area contributed by atoms with E-state index in [1.807, 2.05) is 0 Å². The molecule has 1 aromatic carbocycles. The Morgan fingerprint density at radius 3 is 2.74 bits per heavy atom. The zero-order valence-electron chi connectivity index (χ0n) is 12.2. The molecule has 0 amide bonds. The first-order valence-corrected chi connectivity index (χ1v) is 7.87. The lowest BCUT2D eigenvalue weighted by Crippen LogP contribution is -2.46. The number of fused-ring (bicyclic) bond motifs is 1. The molecule has 1 nitrogen and oxygen atoms in total. The third kappa shape index (κ3) is 2.58. The molecular formula is C18H26O. The molecule has 1 unspecified atom stereocenters. The van der Waals surface area contributed by atoms with Crippen molar-refractivity contribution < 1.29 is 5.11 Å². The van der Waals surface area contributed by atoms with Gasteiger partial charge in [0.15, 0.2) is 0 Å². The van der Waals surface area contributed by atoms with E-state index in [2.05, 4.69) is 38.1 Å². The largest absolute Gasteiger partial charge is 0.390 e. The monoisotopic (exact) mass is 258 g/mol. The highest BCUT2D eigenvalue weighted by molar-refractivity contribution is 5.33. The van der Waals surface area contributed by atoms with Crippen LogP contribution in [-0.2, 0) is 6.42 Å². The fourth-order valence-electron chi connectivity index (χ4n) is 4.08. The second kappa shape index (κ2) is 4.94. The Morgan fingerprint density at radius 1 is 1.26 bits per heavy atom. The maximum atomic E-state index is 10.7. The Hall–Kier alpha value is -0.820. The molecule has 1 saturated carbocycles. The van der Waals surface area contributed by atoms with Crippen molar-refractivity contribution in [3.05, 3.63) is 35.4 Å². The summed E-state index contributed by atoms with van der Waals surface area (Å²) in [6.45, 7) is 4.56. The second-order valence-corrected chi connectivity index (χ2v) is 7.13. The van der Waals surface area contributed by atoms with Gasteiger partial charge >= 0.3 is 0 Å². The number of aryl methyl sites for hydroxylation is 1. The van der Waals surface area contributed by atoms with Gasteiger partial charge in [-0.05, 0) is 67.4 Å². The molecule has 0 saturated heterocycles. The van der Waals surface area contributed by atoms with Gasteiger partial charge in [-0.15, -0.1) is 0 Å². The minimum absolute atomic E-state index is 0.371. The first-order chi connectivity index (χ1) is 9.07. The van der Waals surface area contributed by atoms with Crippen LogP contribution in [-0.4, -0.2) is 10.7 Å². The van der Waals surface area contributed by atoms with E-state index in [9.17, 15) is 5.11 Å². The smallest absolute Gasteiger partial charge is 0.0659 e. The van der Waals surface area contributed by atoms with E-state index >= 15 is 0 Å². The standard InChI is InChI=1S/C18H26O/c1-13(2)16-11-18(19,12-16)10-15-8-5-7-14-6-3-4-9-17(14)15/h3-4,6,9,13,15-16,19H,5,7-8,10-12H2,1-2H3. The average molecular weight is 258 g/mol. The van der Waals surface area contributed by atoms with Gasteiger partial charge in [0.1, 0.15) is 0 Å². The molecule has 1 N–H and O–H groups in total. The van der Waals surface area contributed by atoms with Crippen LogP contribution in [0.3, 0.4) is 0 Å². The number of hydrogen-bond donors (Lipinski definition) is 1. The third-order valence-corrected chi connectivity index (χ3v) is 5.35. The van der Waals surface area contributed by atoms with Gasteiger partial charge in [0, 0.05) is 0 Å². The predicted molar refractivity (Wildman–Crippen MR) is 79.2 cm³/mol. The summed E-state index contributed by atoms with van der Waals surface area (Å²) in [7, 11) is 0. The van der Waals surface area contributed by atoms with Crippen LogP contribution in [0.15, 0.2) is 24.3 Å². The van der Waals surface area contributed by atoms with Gasteiger partial charge in [-0.25, -0.2) is 0 Å². The zero-order chi connectivity index (χ0) is 13.5. The normalized spacial score (nSPS) is 33.9. The first kappa shape index (κ1) is 13.2. The quantitative estimate of drug-likeness (QED) is 0.857. The molecule has 1 heteroatoms. The Morgan fingerprint density at radius 2 is 2.00 bits per heavy atom. The summed E-state index contributed by atoms with van der Waals surface area (Å²) in [6.07, 6.45) is 6.77. The fourth-order valence-corrected chi connectivity index (χ4v) is 4.08. The van der Waals surface area contributed by atoms with Crippen molar-refractivity contribution in [2.24, 2.45) is 11.8 Å². The van der Waals surface area contributed by atoms with Crippen LogP contribution in [0, 0.1) is 11.8 Å². The predicted octanol–water partition coefficient (Wildman–Crippen LogP) is 4.29. The topological polar surface area (TPSA) is 20.2 Å². The molecule has 1 fully saturated rings. The van der Waals surface area contributed by atoms with Gasteiger partial charge in [-0.1, -0.05) is 38.1 Å². The van der Waals surface area contributed by atoms with E-state index < -0.39 is 0 Å². The molecular weight excluding hydrogens is 232 g/mol. The Balaban J connectivity index is 1.69. The minimum Gasteiger partial charge on any atom is -0.390 e. The number of benzene rings is 1. The van der Waals surface area contributed by atoms with Crippen molar-refractivity contribution in [1.29, 1.82) is 0 Å². The summed E-state index contributed by atoms with van der Waals surface area (Å²) >= 11 is 0. The van der Waals surface area contributed by atoms with E-state index in [1.54, 1.807) is 0 Å². The molecule has 19 heavy (non-hydrogen) atoms. The summed E-state index contributed by atoms with van der Waals surface area (Å²) < 4.78 is 0. The minimum atomic E-state index is -0.371. The summed E-state index contributed by atoms with van der Waals surface area (Å²) in [6, 6.07) is 8.84. The maximum Gasteiger partial charge on any atom is 0.0659 e. The van der Waals surface area contributed by atoms with Gasteiger partial charge in [-0.2, -0.15) is 0 Å². The van der Waals surface area contributed by atoms with Gasteiger partial charge in [0.25, 0.3) is 0 Å². The molecule has 104 valence electrons. The lowest BCUT2D eigenvalue weighted by molar-refractivity contribution is -0.0972. The van der Waals surface area contributed by atoms with Crippen molar-refractivity contribution in [3.63, 3.8) is 0 Å². The van der Waals surface area contributed by atoms with Gasteiger partial charge < -0.3 is 5.11 Å². The fraction of sp³-hybridized carbons (Fsp3) is 0.667. The SMILES string of the molecule is CC(C)C1CC(O)(CC2CCCc3ccccc32)C1. The molecule has 0 bridgehead atoms. The van der Waals surface area contributed by atoms with Crippen molar-refractivity contribution in [3.8, 4) is 0 Å². The maximum absolute atomic E-state index is 10.7. The van der Waals surface area contributed by atoms with Gasteiger partial charge in [0.2, 0.25) is 0 Å². The summed E-state index contributed by atoms with van der Waals surface area (Å²) in [4.78, 5) is 0. The number of aliphatic hydroxyl groups is 1. The second-order valence-electron chi connectivity index (χ2n) is 7.13. The molecule has 2 aliphatic rings. The van der Waals surface area contributed by atoms with E-state index in [1.165, 1.54) is 30.4 Å². The number of rotatable bonds is 3. The molecule has 0 radical (unpaired) electrons. The van der Waals surface area contributed by atoms with Gasteiger partial charge in [-0.3, -0.25) is 0 Å². The molecule has 2 aliphatic carbocycles. The highest BCUT2D eigenvalue weighted by atomic mass is 16.3. The zero-order valence-corrected chi connectivity index (χ0v) is 12.2.